The molecular weight excluding hydrogens is 512 g/mol. The monoisotopic (exact) mass is 550 g/mol. The van der Waals surface area contributed by atoms with Crippen LogP contribution in [0.25, 0.3) is 11.1 Å². The van der Waals surface area contributed by atoms with Gasteiger partial charge in [-0.05, 0) is 71.6 Å². The van der Waals surface area contributed by atoms with Crippen molar-refractivity contribution in [2.45, 2.75) is 50.9 Å². The van der Waals surface area contributed by atoms with Crippen LogP contribution in [0.4, 0.5) is 4.79 Å². The highest BCUT2D eigenvalue weighted by atomic mass is 35.5. The van der Waals surface area contributed by atoms with E-state index < -0.39 is 0 Å². The first-order valence-corrected chi connectivity index (χ1v) is 14.3. The van der Waals surface area contributed by atoms with Crippen LogP contribution in [0.3, 0.4) is 0 Å². The minimum atomic E-state index is -0.284. The summed E-state index contributed by atoms with van der Waals surface area (Å²) >= 11 is 7.01. The average Bonchev–Trinajstić information content (AvgIpc) is 2.95. The second kappa shape index (κ2) is 13.8. The molecule has 2 heterocycles. The molecule has 0 bridgehead atoms. The highest BCUT2D eigenvalue weighted by Crippen LogP contribution is 2.43. The first-order valence-electron chi connectivity index (χ1n) is 13.9. The van der Waals surface area contributed by atoms with Gasteiger partial charge in [0, 0.05) is 57.1 Å². The predicted octanol–water partition coefficient (Wildman–Crippen LogP) is 6.79. The molecule has 6 nitrogen and oxygen atoms in total. The summed E-state index contributed by atoms with van der Waals surface area (Å²) in [6, 6.07) is 18.4. The number of pyridine rings is 1. The van der Waals surface area contributed by atoms with E-state index in [4.69, 9.17) is 21.1 Å². The van der Waals surface area contributed by atoms with Gasteiger partial charge in [0.15, 0.2) is 0 Å². The van der Waals surface area contributed by atoms with Gasteiger partial charge in [-0.3, -0.25) is 4.79 Å². The van der Waals surface area contributed by atoms with Crippen molar-refractivity contribution in [2.75, 3.05) is 33.4 Å². The topological polar surface area (TPSA) is 60.8 Å². The number of aryl methyl sites for hydroxylation is 2. The largest absolute Gasteiger partial charge is 0.449 e. The summed E-state index contributed by atoms with van der Waals surface area (Å²) < 4.78 is 12.4. The van der Waals surface area contributed by atoms with E-state index in [1.165, 1.54) is 5.56 Å². The summed E-state index contributed by atoms with van der Waals surface area (Å²) in [4.78, 5) is 27.1. The molecule has 0 N–H and O–H groups in total. The summed E-state index contributed by atoms with van der Waals surface area (Å²) in [6.45, 7) is 4.28. The molecule has 0 radical (unpaired) electrons. The molecular formula is C32H39ClN2O4. The molecule has 1 aliphatic heterocycles. The van der Waals surface area contributed by atoms with E-state index in [-0.39, 0.29) is 23.5 Å². The Morgan fingerprint density at radius 3 is 2.62 bits per heavy atom. The molecule has 1 aromatic heterocycles. The van der Waals surface area contributed by atoms with Gasteiger partial charge in [0.25, 0.3) is 5.56 Å². The number of carbonyl (C=O) groups excluding carboxylic acids is 1. The Hall–Kier alpha value is -3.09. The third kappa shape index (κ3) is 7.11. The van der Waals surface area contributed by atoms with Crippen LogP contribution in [0, 0.1) is 0 Å². The second-order valence-electron chi connectivity index (χ2n) is 10.3. The molecule has 3 aromatic rings. The quantitative estimate of drug-likeness (QED) is 0.261. The molecule has 0 aliphatic carbocycles. The number of amides is 1. The third-order valence-electron chi connectivity index (χ3n) is 7.67. The van der Waals surface area contributed by atoms with Crippen molar-refractivity contribution in [3.05, 3.63) is 92.9 Å². The van der Waals surface area contributed by atoms with E-state index in [9.17, 15) is 9.59 Å². The third-order valence-corrected chi connectivity index (χ3v) is 8.00. The number of halogens is 1. The van der Waals surface area contributed by atoms with Crippen LogP contribution >= 0.6 is 11.6 Å². The number of unbranched alkanes of at least 4 members (excludes halogenated alkanes) is 1. The molecule has 0 spiro atoms. The van der Waals surface area contributed by atoms with Gasteiger partial charge in [0.2, 0.25) is 0 Å². The molecule has 208 valence electrons. The van der Waals surface area contributed by atoms with Gasteiger partial charge >= 0.3 is 6.09 Å². The number of aromatic nitrogens is 1. The van der Waals surface area contributed by atoms with Crippen molar-refractivity contribution >= 4 is 17.7 Å². The molecule has 2 aromatic carbocycles. The van der Waals surface area contributed by atoms with Crippen LogP contribution < -0.4 is 5.56 Å². The molecule has 4 rings (SSSR count). The number of rotatable bonds is 10. The van der Waals surface area contributed by atoms with Crippen molar-refractivity contribution in [2.24, 2.45) is 7.05 Å². The lowest BCUT2D eigenvalue weighted by molar-refractivity contribution is 0.0870. The minimum absolute atomic E-state index is 0.0424. The van der Waals surface area contributed by atoms with Crippen LogP contribution in [-0.4, -0.2) is 49.0 Å². The van der Waals surface area contributed by atoms with Gasteiger partial charge in [0.1, 0.15) is 0 Å². The molecule has 1 saturated heterocycles. The van der Waals surface area contributed by atoms with E-state index in [1.807, 2.05) is 24.4 Å². The van der Waals surface area contributed by atoms with Gasteiger partial charge < -0.3 is 18.9 Å². The van der Waals surface area contributed by atoms with Crippen molar-refractivity contribution in [3.63, 3.8) is 0 Å². The van der Waals surface area contributed by atoms with Crippen LogP contribution in [0.1, 0.15) is 61.1 Å². The zero-order valence-electron chi connectivity index (χ0n) is 23.2. The fraction of sp³-hybridized carbons (Fsp3) is 0.438. The number of ether oxygens (including phenoxy) is 2. The van der Waals surface area contributed by atoms with Crippen molar-refractivity contribution < 1.29 is 14.3 Å². The molecule has 2 atom stereocenters. The highest BCUT2D eigenvalue weighted by Gasteiger charge is 2.35. The Morgan fingerprint density at radius 2 is 1.87 bits per heavy atom. The van der Waals surface area contributed by atoms with E-state index >= 15 is 0 Å². The van der Waals surface area contributed by atoms with Crippen molar-refractivity contribution in [1.29, 1.82) is 0 Å². The lowest BCUT2D eigenvalue weighted by Gasteiger charge is -2.39. The molecule has 0 saturated carbocycles. The average molecular weight is 551 g/mol. The van der Waals surface area contributed by atoms with Crippen LogP contribution in [0.5, 0.6) is 0 Å². The summed E-state index contributed by atoms with van der Waals surface area (Å²) in [5, 5.41) is 0.666. The van der Waals surface area contributed by atoms with E-state index in [0.717, 1.165) is 61.0 Å². The lowest BCUT2D eigenvalue weighted by atomic mass is 9.76. The molecule has 1 fully saturated rings. The Labute approximate surface area is 236 Å². The number of hydrogen-bond acceptors (Lipinski definition) is 4. The van der Waals surface area contributed by atoms with Crippen LogP contribution in [0.15, 0.2) is 65.6 Å². The zero-order chi connectivity index (χ0) is 27.8. The number of methoxy groups -OCH3 is 1. The summed E-state index contributed by atoms with van der Waals surface area (Å²) in [5.74, 6) is -0.00801. The van der Waals surface area contributed by atoms with Gasteiger partial charge in [-0.15, -0.1) is 0 Å². The van der Waals surface area contributed by atoms with Crippen LogP contribution in [-0.2, 0) is 22.9 Å². The SMILES string of the molecule is CCCCOC(=O)N1CCC(c2ccn(C)c(=O)c2)C(c2ccc(-c3ccccc3CCCOC)cc2Cl)C1. The second-order valence-corrected chi connectivity index (χ2v) is 10.7. The Kier molecular flexibility index (Phi) is 10.2. The van der Waals surface area contributed by atoms with Gasteiger partial charge in [-0.25, -0.2) is 4.79 Å². The number of likely N-dealkylation sites (tertiary alicyclic amines) is 1. The minimum Gasteiger partial charge on any atom is -0.449 e. The molecule has 7 heteroatoms. The first-order chi connectivity index (χ1) is 18.9. The van der Waals surface area contributed by atoms with Crippen molar-refractivity contribution in [1.82, 2.24) is 9.47 Å². The molecule has 1 aliphatic rings. The summed E-state index contributed by atoms with van der Waals surface area (Å²) in [7, 11) is 3.48. The molecule has 2 unspecified atom stereocenters. The smallest absolute Gasteiger partial charge is 0.409 e. The standard InChI is InChI=1S/C32H39ClN2O4/c1-4-5-19-39-32(37)35-17-15-27(25-14-16-34(2)31(36)21-25)29(22-35)28-13-12-24(20-30(28)33)26-11-7-6-9-23(26)10-8-18-38-3/h6-7,9,11-14,16,20-21,27,29H,4-5,8,10,15,17-19,22H2,1-3H3. The normalized spacial score (nSPS) is 17.3. The van der Waals surface area contributed by atoms with E-state index in [2.05, 4.69) is 37.3 Å². The van der Waals surface area contributed by atoms with Gasteiger partial charge in [0.05, 0.1) is 6.61 Å². The Morgan fingerprint density at radius 1 is 1.05 bits per heavy atom. The van der Waals surface area contributed by atoms with Crippen molar-refractivity contribution in [3.8, 4) is 11.1 Å². The number of benzene rings is 2. The van der Waals surface area contributed by atoms with E-state index in [1.54, 1.807) is 29.7 Å². The van der Waals surface area contributed by atoms with E-state index in [0.29, 0.717) is 24.7 Å². The fourth-order valence-electron chi connectivity index (χ4n) is 5.44. The maximum atomic E-state index is 12.9. The summed E-state index contributed by atoms with van der Waals surface area (Å²) in [6.07, 6.45) is 5.94. The fourth-order valence-corrected chi connectivity index (χ4v) is 5.76. The zero-order valence-corrected chi connectivity index (χ0v) is 24.0. The number of hydrogen-bond donors (Lipinski definition) is 0. The Bertz CT molecular complexity index is 1320. The number of carbonyl (C=O) groups is 1. The predicted molar refractivity (Wildman–Crippen MR) is 157 cm³/mol. The first kappa shape index (κ1) is 28.9. The van der Waals surface area contributed by atoms with Crippen LogP contribution in [0.2, 0.25) is 5.02 Å². The molecule has 39 heavy (non-hydrogen) atoms. The summed E-state index contributed by atoms with van der Waals surface area (Å²) in [5.41, 5.74) is 5.40. The Balaban J connectivity index is 1.66. The lowest BCUT2D eigenvalue weighted by Crippen LogP contribution is -2.42. The highest BCUT2D eigenvalue weighted by molar-refractivity contribution is 6.31. The maximum absolute atomic E-state index is 12.9. The number of nitrogens with zero attached hydrogens (tertiary/aromatic N) is 2. The maximum Gasteiger partial charge on any atom is 0.409 e. The number of piperidine rings is 1. The van der Waals surface area contributed by atoms with Gasteiger partial charge in [-0.1, -0.05) is 61.3 Å². The van der Waals surface area contributed by atoms with Gasteiger partial charge in [-0.2, -0.15) is 0 Å². The molecule has 1 amide bonds.